The van der Waals surface area contributed by atoms with Crippen LogP contribution < -0.4 is 5.73 Å². The Bertz CT molecular complexity index is 584. The van der Waals surface area contributed by atoms with Gasteiger partial charge < -0.3 is 5.73 Å². The van der Waals surface area contributed by atoms with Crippen LogP contribution in [0.1, 0.15) is 42.3 Å². The first-order valence-corrected chi connectivity index (χ1v) is 8.94. The van der Waals surface area contributed by atoms with Gasteiger partial charge in [0.15, 0.2) is 0 Å². The summed E-state index contributed by atoms with van der Waals surface area (Å²) in [5.74, 6) is 0. The van der Waals surface area contributed by atoms with Gasteiger partial charge in [0.25, 0.3) is 0 Å². The molecule has 0 aromatic carbocycles. The molecule has 3 nitrogen and oxygen atoms in total. The molecule has 3 rings (SSSR count). The zero-order chi connectivity index (χ0) is 14.8. The molecule has 1 aliphatic heterocycles. The second kappa shape index (κ2) is 6.57. The minimum atomic E-state index is 0.104. The highest BCUT2D eigenvalue weighted by atomic mass is 79.9. The lowest BCUT2D eigenvalue weighted by atomic mass is 10.0. The molecule has 0 saturated carbocycles. The minimum absolute atomic E-state index is 0.104. The van der Waals surface area contributed by atoms with Crippen molar-refractivity contribution in [2.75, 3.05) is 6.54 Å². The van der Waals surface area contributed by atoms with Gasteiger partial charge in [-0.15, -0.1) is 11.3 Å². The molecular weight excluding hydrogens is 346 g/mol. The molecule has 1 saturated heterocycles. The molecule has 21 heavy (non-hydrogen) atoms. The van der Waals surface area contributed by atoms with Crippen molar-refractivity contribution in [2.45, 2.75) is 37.9 Å². The van der Waals surface area contributed by atoms with Gasteiger partial charge in [0.1, 0.15) is 0 Å². The molecule has 112 valence electrons. The average Bonchev–Trinajstić information content (AvgIpc) is 3.10. The Morgan fingerprint density at radius 3 is 2.90 bits per heavy atom. The standard InChI is InChI=1S/C16H20BrN3S/c1-11(18)16(14-6-7-15(17)21-14)20-9-3-5-13(20)12-4-2-8-19-10-12/h2,4,6-8,10-11,13,16H,3,5,9,18H2,1H3. The molecule has 0 spiro atoms. The summed E-state index contributed by atoms with van der Waals surface area (Å²) >= 11 is 5.35. The van der Waals surface area contributed by atoms with E-state index in [4.69, 9.17) is 5.73 Å². The summed E-state index contributed by atoms with van der Waals surface area (Å²) in [5.41, 5.74) is 7.63. The van der Waals surface area contributed by atoms with E-state index in [-0.39, 0.29) is 12.1 Å². The van der Waals surface area contributed by atoms with Gasteiger partial charge >= 0.3 is 0 Å². The summed E-state index contributed by atoms with van der Waals surface area (Å²) in [6, 6.07) is 9.32. The summed E-state index contributed by atoms with van der Waals surface area (Å²) in [6.45, 7) is 3.21. The molecule has 2 aromatic rings. The number of nitrogens with zero attached hydrogens (tertiary/aromatic N) is 2. The fourth-order valence-electron chi connectivity index (χ4n) is 3.26. The maximum Gasteiger partial charge on any atom is 0.0702 e. The van der Waals surface area contributed by atoms with Crippen molar-refractivity contribution in [1.29, 1.82) is 0 Å². The number of hydrogen-bond acceptors (Lipinski definition) is 4. The van der Waals surface area contributed by atoms with Crippen LogP contribution in [0.5, 0.6) is 0 Å². The number of thiophene rings is 1. The van der Waals surface area contributed by atoms with E-state index in [0.29, 0.717) is 6.04 Å². The highest BCUT2D eigenvalue weighted by molar-refractivity contribution is 9.11. The summed E-state index contributed by atoms with van der Waals surface area (Å²) in [5, 5.41) is 0. The highest BCUT2D eigenvalue weighted by Gasteiger charge is 2.35. The van der Waals surface area contributed by atoms with Gasteiger partial charge in [-0.25, -0.2) is 0 Å². The largest absolute Gasteiger partial charge is 0.326 e. The molecule has 0 aliphatic carbocycles. The molecule has 3 heterocycles. The average molecular weight is 366 g/mol. The molecule has 2 aromatic heterocycles. The van der Waals surface area contributed by atoms with Crippen LogP contribution >= 0.6 is 27.3 Å². The van der Waals surface area contributed by atoms with Crippen molar-refractivity contribution >= 4 is 27.3 Å². The number of hydrogen-bond donors (Lipinski definition) is 1. The minimum Gasteiger partial charge on any atom is -0.326 e. The van der Waals surface area contributed by atoms with Crippen LogP contribution in [0.15, 0.2) is 40.4 Å². The van der Waals surface area contributed by atoms with E-state index < -0.39 is 0 Å². The van der Waals surface area contributed by atoms with Crippen molar-refractivity contribution in [2.24, 2.45) is 5.73 Å². The predicted octanol–water partition coefficient (Wildman–Crippen LogP) is 4.13. The molecule has 1 fully saturated rings. The van der Waals surface area contributed by atoms with Crippen LogP contribution in [-0.4, -0.2) is 22.5 Å². The molecule has 3 unspecified atom stereocenters. The van der Waals surface area contributed by atoms with E-state index in [2.05, 4.69) is 50.9 Å². The molecule has 5 heteroatoms. The van der Waals surface area contributed by atoms with E-state index in [1.807, 2.05) is 18.5 Å². The van der Waals surface area contributed by atoms with Crippen LogP contribution in [0, 0.1) is 0 Å². The topological polar surface area (TPSA) is 42.1 Å². The van der Waals surface area contributed by atoms with Crippen LogP contribution in [-0.2, 0) is 0 Å². The first kappa shape index (κ1) is 15.2. The van der Waals surface area contributed by atoms with Crippen molar-refractivity contribution in [1.82, 2.24) is 9.88 Å². The molecule has 0 bridgehead atoms. The second-order valence-electron chi connectivity index (χ2n) is 5.63. The smallest absolute Gasteiger partial charge is 0.0702 e. The molecule has 3 atom stereocenters. The third-order valence-corrected chi connectivity index (χ3v) is 5.80. The molecule has 0 radical (unpaired) electrons. The van der Waals surface area contributed by atoms with Gasteiger partial charge in [0.2, 0.25) is 0 Å². The van der Waals surface area contributed by atoms with Gasteiger partial charge in [-0.1, -0.05) is 6.07 Å². The van der Waals surface area contributed by atoms with E-state index in [1.165, 1.54) is 27.1 Å². The zero-order valence-corrected chi connectivity index (χ0v) is 14.5. The fourth-order valence-corrected chi connectivity index (χ4v) is 4.93. The lowest BCUT2D eigenvalue weighted by Gasteiger charge is -2.35. The maximum atomic E-state index is 6.33. The van der Waals surface area contributed by atoms with E-state index in [0.717, 1.165) is 6.54 Å². The van der Waals surface area contributed by atoms with Gasteiger partial charge in [-0.2, -0.15) is 0 Å². The number of likely N-dealkylation sites (tertiary alicyclic amines) is 1. The van der Waals surface area contributed by atoms with E-state index in [9.17, 15) is 0 Å². The lowest BCUT2D eigenvalue weighted by molar-refractivity contribution is 0.163. The third kappa shape index (κ3) is 3.21. The molecule has 1 aliphatic rings. The van der Waals surface area contributed by atoms with Gasteiger partial charge in [-0.05, 0) is 66.0 Å². The maximum absolute atomic E-state index is 6.33. The van der Waals surface area contributed by atoms with Crippen LogP contribution in [0.2, 0.25) is 0 Å². The van der Waals surface area contributed by atoms with Crippen molar-refractivity contribution in [3.8, 4) is 0 Å². The SMILES string of the molecule is CC(N)C(c1ccc(Br)s1)N1CCCC1c1cccnc1. The summed E-state index contributed by atoms with van der Waals surface area (Å²) in [7, 11) is 0. The Kier molecular flexibility index (Phi) is 4.74. The molecule has 2 N–H and O–H groups in total. The number of aromatic nitrogens is 1. The van der Waals surface area contributed by atoms with Crippen LogP contribution in [0.3, 0.4) is 0 Å². The van der Waals surface area contributed by atoms with Gasteiger partial charge in [-0.3, -0.25) is 9.88 Å². The van der Waals surface area contributed by atoms with Gasteiger partial charge in [0.05, 0.1) is 9.83 Å². The summed E-state index contributed by atoms with van der Waals surface area (Å²) in [6.07, 6.45) is 6.23. The molecular formula is C16H20BrN3S. The number of pyridine rings is 1. The Labute approximate surface area is 138 Å². The Hall–Kier alpha value is -0.750. The summed E-state index contributed by atoms with van der Waals surface area (Å²) < 4.78 is 1.17. The Balaban J connectivity index is 1.91. The van der Waals surface area contributed by atoms with Crippen molar-refractivity contribution in [3.63, 3.8) is 0 Å². The zero-order valence-electron chi connectivity index (χ0n) is 12.1. The lowest BCUT2D eigenvalue weighted by Crippen LogP contribution is -2.38. The van der Waals surface area contributed by atoms with Gasteiger partial charge in [0, 0.05) is 29.4 Å². The monoisotopic (exact) mass is 365 g/mol. The fraction of sp³-hybridized carbons (Fsp3) is 0.438. The highest BCUT2D eigenvalue weighted by Crippen LogP contribution is 2.41. The van der Waals surface area contributed by atoms with Crippen molar-refractivity contribution in [3.05, 3.63) is 50.9 Å². The number of halogens is 1. The molecule has 0 amide bonds. The summed E-state index contributed by atoms with van der Waals surface area (Å²) in [4.78, 5) is 8.18. The number of rotatable bonds is 4. The normalized spacial score (nSPS) is 22.3. The van der Waals surface area contributed by atoms with Crippen LogP contribution in [0.25, 0.3) is 0 Å². The quantitative estimate of drug-likeness (QED) is 0.885. The predicted molar refractivity (Wildman–Crippen MR) is 91.3 cm³/mol. The Morgan fingerprint density at radius 1 is 1.43 bits per heavy atom. The first-order valence-electron chi connectivity index (χ1n) is 7.33. The van der Waals surface area contributed by atoms with Crippen LogP contribution in [0.4, 0.5) is 0 Å². The number of nitrogens with two attached hydrogens (primary N) is 1. The van der Waals surface area contributed by atoms with E-state index in [1.54, 1.807) is 11.3 Å². The second-order valence-corrected chi connectivity index (χ2v) is 8.12. The van der Waals surface area contributed by atoms with Crippen molar-refractivity contribution < 1.29 is 0 Å². The Morgan fingerprint density at radius 2 is 2.29 bits per heavy atom. The third-order valence-electron chi connectivity index (χ3n) is 4.10. The first-order chi connectivity index (χ1) is 10.2. The van der Waals surface area contributed by atoms with E-state index >= 15 is 0 Å².